The highest BCUT2D eigenvalue weighted by molar-refractivity contribution is 8.17. The van der Waals surface area contributed by atoms with Gasteiger partial charge in [-0.3, -0.25) is 15.1 Å². The Balaban J connectivity index is 1.25. The summed E-state index contributed by atoms with van der Waals surface area (Å²) in [6.45, 7) is 3.44. The van der Waals surface area contributed by atoms with Crippen molar-refractivity contribution in [2.75, 3.05) is 6.61 Å². The standard InChI is InChI=1S/C31H26N4O2S/c1-21-12-14-24(15-13-21)37-17-7-16-34-19-23(25-10-5-6-11-27(25)34)18-26-29(32)35-28(22-8-3-2-4-9-22)20-38-31(35)33-30(26)36/h2-6,8-15,18-20,32H,7,16-17H2,1H3/b26-18-,32-29?. The molecule has 38 heavy (non-hydrogen) atoms. The van der Waals surface area contributed by atoms with Crippen molar-refractivity contribution < 1.29 is 9.53 Å². The second-order valence-corrected chi connectivity index (χ2v) is 10.1. The normalized spacial score (nSPS) is 16.1. The summed E-state index contributed by atoms with van der Waals surface area (Å²) >= 11 is 1.37. The smallest absolute Gasteiger partial charge is 0.283 e. The SMILES string of the molecule is Cc1ccc(OCCCn2cc(/C=C3/C(=N)N4C(c5ccccc5)=CSC4=NC3=O)c3ccccc32)cc1. The first-order valence-electron chi connectivity index (χ1n) is 12.5. The van der Waals surface area contributed by atoms with E-state index in [9.17, 15) is 4.79 Å². The minimum atomic E-state index is -0.389. The number of amides is 1. The number of ether oxygens (including phenoxy) is 1. The third kappa shape index (κ3) is 4.57. The molecule has 4 aromatic rings. The van der Waals surface area contributed by atoms with E-state index in [1.807, 2.05) is 78.2 Å². The fraction of sp³-hybridized carbons (Fsp3) is 0.129. The van der Waals surface area contributed by atoms with Gasteiger partial charge in [0.2, 0.25) is 0 Å². The Bertz CT molecular complexity index is 1630. The predicted octanol–water partition coefficient (Wildman–Crippen LogP) is 6.72. The van der Waals surface area contributed by atoms with E-state index in [1.54, 1.807) is 11.0 Å². The number of benzene rings is 3. The third-order valence-corrected chi connectivity index (χ3v) is 7.46. The summed E-state index contributed by atoms with van der Waals surface area (Å²) in [5.74, 6) is 0.625. The predicted molar refractivity (Wildman–Crippen MR) is 155 cm³/mol. The molecule has 6 nitrogen and oxygen atoms in total. The maximum atomic E-state index is 13.0. The average Bonchev–Trinajstić information content (AvgIpc) is 3.52. The molecule has 0 saturated carbocycles. The van der Waals surface area contributed by atoms with Crippen molar-refractivity contribution in [1.82, 2.24) is 9.47 Å². The van der Waals surface area contributed by atoms with Crippen LogP contribution >= 0.6 is 11.8 Å². The first-order valence-corrected chi connectivity index (χ1v) is 13.4. The van der Waals surface area contributed by atoms with Crippen LogP contribution in [0.4, 0.5) is 0 Å². The topological polar surface area (TPSA) is 70.7 Å². The van der Waals surface area contributed by atoms with Crippen LogP contribution in [0.5, 0.6) is 5.75 Å². The Morgan fingerprint density at radius 1 is 1.00 bits per heavy atom. The van der Waals surface area contributed by atoms with Crippen LogP contribution in [0.15, 0.2) is 101 Å². The van der Waals surface area contributed by atoms with Gasteiger partial charge in [0.15, 0.2) is 5.17 Å². The first kappa shape index (κ1) is 24.0. The largest absolute Gasteiger partial charge is 0.494 e. The molecule has 0 spiro atoms. The number of carbonyl (C=O) groups is 1. The molecule has 2 aliphatic rings. The zero-order chi connectivity index (χ0) is 26.1. The summed E-state index contributed by atoms with van der Waals surface area (Å²) in [6, 6.07) is 26.1. The monoisotopic (exact) mass is 518 g/mol. The Morgan fingerprint density at radius 3 is 2.58 bits per heavy atom. The third-order valence-electron chi connectivity index (χ3n) is 6.64. The quantitative estimate of drug-likeness (QED) is 0.218. The minimum Gasteiger partial charge on any atom is -0.494 e. The number of aliphatic imine (C=N–C) groups is 1. The van der Waals surface area contributed by atoms with Crippen molar-refractivity contribution in [2.45, 2.75) is 19.9 Å². The number of hydrogen-bond acceptors (Lipinski definition) is 4. The lowest BCUT2D eigenvalue weighted by molar-refractivity contribution is -0.114. The summed E-state index contributed by atoms with van der Waals surface area (Å²) in [5.41, 5.74) is 5.30. The molecule has 0 aliphatic carbocycles. The fourth-order valence-corrected chi connectivity index (χ4v) is 5.59. The van der Waals surface area contributed by atoms with E-state index in [-0.39, 0.29) is 17.3 Å². The molecular weight excluding hydrogens is 492 g/mol. The number of amidine groups is 2. The molecule has 188 valence electrons. The summed E-state index contributed by atoms with van der Waals surface area (Å²) in [6.07, 6.45) is 4.69. The van der Waals surface area contributed by atoms with Gasteiger partial charge in [-0.1, -0.05) is 78.0 Å². The summed E-state index contributed by atoms with van der Waals surface area (Å²) < 4.78 is 8.10. The molecule has 2 aliphatic heterocycles. The Kier molecular flexibility index (Phi) is 6.43. The van der Waals surface area contributed by atoms with E-state index in [0.29, 0.717) is 11.8 Å². The van der Waals surface area contributed by atoms with Gasteiger partial charge in [0.05, 0.1) is 17.9 Å². The van der Waals surface area contributed by atoms with Crippen molar-refractivity contribution in [3.05, 3.63) is 113 Å². The minimum absolute atomic E-state index is 0.142. The summed E-state index contributed by atoms with van der Waals surface area (Å²) in [5, 5.41) is 12.5. The summed E-state index contributed by atoms with van der Waals surface area (Å²) in [4.78, 5) is 19.1. The lowest BCUT2D eigenvalue weighted by Gasteiger charge is -2.26. The molecule has 0 unspecified atom stereocenters. The van der Waals surface area contributed by atoms with Crippen LogP contribution in [-0.4, -0.2) is 33.0 Å². The number of para-hydroxylation sites is 1. The highest BCUT2D eigenvalue weighted by Gasteiger charge is 2.36. The van der Waals surface area contributed by atoms with Gasteiger partial charge in [0, 0.05) is 34.6 Å². The maximum Gasteiger partial charge on any atom is 0.283 e. The Hall–Kier alpha value is -4.36. The van der Waals surface area contributed by atoms with Crippen LogP contribution in [0, 0.1) is 12.3 Å². The molecule has 0 atom stereocenters. The fourth-order valence-electron chi connectivity index (χ4n) is 4.70. The maximum absolute atomic E-state index is 13.0. The Morgan fingerprint density at radius 2 is 1.76 bits per heavy atom. The molecule has 6 rings (SSSR count). The molecular formula is C31H26N4O2S. The van der Waals surface area contributed by atoms with Crippen molar-refractivity contribution in [2.24, 2.45) is 4.99 Å². The molecule has 0 radical (unpaired) electrons. The average molecular weight is 519 g/mol. The lowest BCUT2D eigenvalue weighted by atomic mass is 10.1. The first-order chi connectivity index (χ1) is 18.6. The highest BCUT2D eigenvalue weighted by atomic mass is 32.2. The van der Waals surface area contributed by atoms with Crippen LogP contribution in [0.2, 0.25) is 0 Å². The highest BCUT2D eigenvalue weighted by Crippen LogP contribution is 2.37. The van der Waals surface area contributed by atoms with Gasteiger partial charge in [0.1, 0.15) is 11.6 Å². The van der Waals surface area contributed by atoms with Gasteiger partial charge in [-0.25, -0.2) is 0 Å². The number of thioether (sulfide) groups is 1. The van der Waals surface area contributed by atoms with Crippen molar-refractivity contribution >= 4 is 51.3 Å². The second-order valence-electron chi connectivity index (χ2n) is 9.24. The van der Waals surface area contributed by atoms with Crippen molar-refractivity contribution in [3.8, 4) is 5.75 Å². The number of nitrogens with zero attached hydrogens (tertiary/aromatic N) is 3. The van der Waals surface area contributed by atoms with Gasteiger partial charge in [-0.2, -0.15) is 4.99 Å². The van der Waals surface area contributed by atoms with Crippen LogP contribution < -0.4 is 4.74 Å². The number of aromatic nitrogens is 1. The zero-order valence-corrected chi connectivity index (χ0v) is 21.7. The number of hydrogen-bond donors (Lipinski definition) is 1. The molecule has 1 amide bonds. The van der Waals surface area contributed by atoms with Crippen LogP contribution in [-0.2, 0) is 11.3 Å². The number of fused-ring (bicyclic) bond motifs is 2. The van der Waals surface area contributed by atoms with Crippen LogP contribution in [0.25, 0.3) is 22.7 Å². The number of aryl methyl sites for hydroxylation is 2. The van der Waals surface area contributed by atoms with Crippen molar-refractivity contribution in [3.63, 3.8) is 0 Å². The molecule has 1 aromatic heterocycles. The molecule has 1 N–H and O–H groups in total. The van der Waals surface area contributed by atoms with Gasteiger partial charge in [-0.05, 0) is 43.2 Å². The van der Waals surface area contributed by atoms with E-state index in [0.717, 1.165) is 46.4 Å². The number of carbonyl (C=O) groups excluding carboxylic acids is 1. The lowest BCUT2D eigenvalue weighted by Crippen LogP contribution is -2.37. The molecule has 3 heterocycles. The van der Waals surface area contributed by atoms with Gasteiger partial charge < -0.3 is 9.30 Å². The number of nitrogens with one attached hydrogen (secondary N) is 1. The van der Waals surface area contributed by atoms with E-state index in [4.69, 9.17) is 10.1 Å². The van der Waals surface area contributed by atoms with Gasteiger partial charge in [-0.15, -0.1) is 0 Å². The van der Waals surface area contributed by atoms with Crippen LogP contribution in [0.1, 0.15) is 23.1 Å². The van der Waals surface area contributed by atoms with E-state index >= 15 is 0 Å². The molecule has 0 saturated heterocycles. The van der Waals surface area contributed by atoms with E-state index in [2.05, 4.69) is 28.7 Å². The summed E-state index contributed by atoms with van der Waals surface area (Å²) in [7, 11) is 0. The van der Waals surface area contributed by atoms with Gasteiger partial charge >= 0.3 is 0 Å². The van der Waals surface area contributed by atoms with E-state index in [1.165, 1.54) is 17.3 Å². The molecule has 0 fully saturated rings. The van der Waals surface area contributed by atoms with E-state index < -0.39 is 0 Å². The molecule has 0 bridgehead atoms. The van der Waals surface area contributed by atoms with Crippen LogP contribution in [0.3, 0.4) is 0 Å². The molecule has 3 aromatic carbocycles. The second kappa shape index (κ2) is 10.2. The Labute approximate surface area is 225 Å². The molecule has 7 heteroatoms. The number of rotatable bonds is 7. The zero-order valence-electron chi connectivity index (χ0n) is 20.9. The van der Waals surface area contributed by atoms with Gasteiger partial charge in [0.25, 0.3) is 5.91 Å². The van der Waals surface area contributed by atoms with Crippen molar-refractivity contribution in [1.29, 1.82) is 5.41 Å².